The fourth-order valence-electron chi connectivity index (χ4n) is 3.07. The van der Waals surface area contributed by atoms with Gasteiger partial charge in [0.2, 0.25) is 0 Å². The van der Waals surface area contributed by atoms with Crippen LogP contribution in [-0.2, 0) is 4.74 Å². The lowest BCUT2D eigenvalue weighted by atomic mass is 10.2. The number of rotatable bonds is 10. The number of aliphatic imine (C=N–C) groups is 1. The smallest absolute Gasteiger partial charge is 0.411 e. The molecule has 0 amide bonds. The molecule has 1 aromatic carbocycles. The predicted molar refractivity (Wildman–Crippen MR) is 120 cm³/mol. The molecule has 0 aromatic heterocycles. The normalized spacial score (nSPS) is 16.9. The number of nitrogens with zero attached hydrogens (tertiary/aromatic N) is 2. The molecule has 1 fully saturated rings. The molecular formula is C19H28F5IN4O2. The summed E-state index contributed by atoms with van der Waals surface area (Å²) in [6.45, 7) is -0.108. The van der Waals surface area contributed by atoms with Crippen molar-refractivity contribution in [1.82, 2.24) is 10.6 Å². The number of hydrogen-bond donors (Lipinski definition) is 2. The molecule has 0 bridgehead atoms. The summed E-state index contributed by atoms with van der Waals surface area (Å²) in [6.07, 6.45) is -3.20. The van der Waals surface area contributed by atoms with Crippen LogP contribution in [0.1, 0.15) is 19.8 Å². The molecule has 1 atom stereocenters. The van der Waals surface area contributed by atoms with Crippen LogP contribution in [0.3, 0.4) is 0 Å². The van der Waals surface area contributed by atoms with Crippen LogP contribution in [0.4, 0.5) is 27.6 Å². The monoisotopic (exact) mass is 566 g/mol. The van der Waals surface area contributed by atoms with Gasteiger partial charge in [-0.1, -0.05) is 12.1 Å². The Balaban J connectivity index is 0.00000480. The van der Waals surface area contributed by atoms with E-state index in [4.69, 9.17) is 0 Å². The molecule has 178 valence electrons. The third kappa shape index (κ3) is 10.5. The molecule has 1 aliphatic heterocycles. The topological polar surface area (TPSA) is 58.1 Å². The lowest BCUT2D eigenvalue weighted by Gasteiger charge is -2.22. The van der Waals surface area contributed by atoms with Crippen molar-refractivity contribution >= 4 is 35.6 Å². The van der Waals surface area contributed by atoms with Gasteiger partial charge in [-0.25, -0.2) is 0 Å². The number of guanidine groups is 1. The van der Waals surface area contributed by atoms with Gasteiger partial charge in [0, 0.05) is 38.8 Å². The summed E-state index contributed by atoms with van der Waals surface area (Å²) in [7, 11) is 0. The summed E-state index contributed by atoms with van der Waals surface area (Å²) in [5, 5.41) is 6.37. The van der Waals surface area contributed by atoms with Crippen molar-refractivity contribution < 1.29 is 31.4 Å². The standard InChI is InChI=1S/C19H27F5N4O2.HI/c1-2-25-18(26-9-5-11-29-13-19(22,23)24)27-14-8-10-28(12-14)15-6-3-4-7-16(15)30-17(20)21;/h3-4,6-7,14,17H,2,5,8-13H2,1H3,(H2,25,26,27);1H. The minimum atomic E-state index is -4.33. The molecule has 6 nitrogen and oxygen atoms in total. The van der Waals surface area contributed by atoms with Crippen molar-refractivity contribution in [3.8, 4) is 5.75 Å². The lowest BCUT2D eigenvalue weighted by Crippen LogP contribution is -2.44. The second-order valence-electron chi connectivity index (χ2n) is 6.70. The summed E-state index contributed by atoms with van der Waals surface area (Å²) in [4.78, 5) is 6.32. The van der Waals surface area contributed by atoms with Crippen LogP contribution in [0, 0.1) is 0 Å². The average molecular weight is 566 g/mol. The number of para-hydroxylation sites is 2. The molecular weight excluding hydrogens is 538 g/mol. The molecule has 2 N–H and O–H groups in total. The van der Waals surface area contributed by atoms with Crippen molar-refractivity contribution in [2.24, 2.45) is 4.99 Å². The molecule has 0 spiro atoms. The van der Waals surface area contributed by atoms with Gasteiger partial charge in [0.1, 0.15) is 12.4 Å². The Hall–Kier alpha value is -1.57. The largest absolute Gasteiger partial charge is 0.433 e. The van der Waals surface area contributed by atoms with E-state index in [0.29, 0.717) is 44.2 Å². The molecule has 31 heavy (non-hydrogen) atoms. The van der Waals surface area contributed by atoms with E-state index < -0.39 is 19.4 Å². The number of anilines is 1. The second-order valence-corrected chi connectivity index (χ2v) is 6.70. The van der Waals surface area contributed by atoms with Crippen LogP contribution in [-0.4, -0.2) is 64.2 Å². The van der Waals surface area contributed by atoms with E-state index in [0.717, 1.165) is 6.42 Å². The zero-order valence-corrected chi connectivity index (χ0v) is 19.5. The molecule has 0 aliphatic carbocycles. The maximum absolute atomic E-state index is 12.6. The molecule has 1 saturated heterocycles. The molecule has 1 heterocycles. The van der Waals surface area contributed by atoms with Crippen LogP contribution < -0.4 is 20.3 Å². The Bertz CT molecular complexity index is 679. The third-order valence-electron chi connectivity index (χ3n) is 4.28. The van der Waals surface area contributed by atoms with Gasteiger partial charge in [0.15, 0.2) is 5.96 Å². The lowest BCUT2D eigenvalue weighted by molar-refractivity contribution is -0.173. The summed E-state index contributed by atoms with van der Waals surface area (Å²) in [5.41, 5.74) is 0.603. The van der Waals surface area contributed by atoms with E-state index in [1.807, 2.05) is 11.8 Å². The zero-order chi connectivity index (χ0) is 22.0. The summed E-state index contributed by atoms with van der Waals surface area (Å²) in [6, 6.07) is 6.68. The van der Waals surface area contributed by atoms with Gasteiger partial charge < -0.3 is 25.0 Å². The Kier molecular flexibility index (Phi) is 12.2. The van der Waals surface area contributed by atoms with Gasteiger partial charge in [0.05, 0.1) is 5.69 Å². The second kappa shape index (κ2) is 13.8. The van der Waals surface area contributed by atoms with Crippen LogP contribution in [0.2, 0.25) is 0 Å². The Labute approximate surface area is 195 Å². The first kappa shape index (κ1) is 27.5. The van der Waals surface area contributed by atoms with E-state index in [9.17, 15) is 22.0 Å². The van der Waals surface area contributed by atoms with Crippen molar-refractivity contribution in [3.05, 3.63) is 24.3 Å². The van der Waals surface area contributed by atoms with Gasteiger partial charge in [0.25, 0.3) is 0 Å². The zero-order valence-electron chi connectivity index (χ0n) is 17.1. The summed E-state index contributed by atoms with van der Waals surface area (Å²) < 4.78 is 70.6. The molecule has 12 heteroatoms. The number of ether oxygens (including phenoxy) is 2. The molecule has 1 aliphatic rings. The highest BCUT2D eigenvalue weighted by Crippen LogP contribution is 2.31. The quantitative estimate of drug-likeness (QED) is 0.148. The first-order valence-electron chi connectivity index (χ1n) is 9.76. The van der Waals surface area contributed by atoms with Crippen LogP contribution in [0.15, 0.2) is 29.3 Å². The fraction of sp³-hybridized carbons (Fsp3) is 0.632. The van der Waals surface area contributed by atoms with Crippen LogP contribution in [0.25, 0.3) is 0 Å². The maximum atomic E-state index is 12.6. The van der Waals surface area contributed by atoms with Crippen LogP contribution >= 0.6 is 24.0 Å². The number of benzene rings is 1. The van der Waals surface area contributed by atoms with E-state index in [1.54, 1.807) is 18.2 Å². The van der Waals surface area contributed by atoms with Gasteiger partial charge in [-0.3, -0.25) is 4.99 Å². The molecule has 1 aromatic rings. The summed E-state index contributed by atoms with van der Waals surface area (Å²) in [5.74, 6) is 0.685. The Morgan fingerprint density at radius 1 is 1.29 bits per heavy atom. The van der Waals surface area contributed by atoms with Gasteiger partial charge >= 0.3 is 12.8 Å². The minimum absolute atomic E-state index is 0. The van der Waals surface area contributed by atoms with Gasteiger partial charge in [-0.05, 0) is 31.9 Å². The number of nitrogens with one attached hydrogen (secondary N) is 2. The van der Waals surface area contributed by atoms with E-state index >= 15 is 0 Å². The third-order valence-corrected chi connectivity index (χ3v) is 4.28. The SMILES string of the molecule is CCNC(=NCCCOCC(F)(F)F)NC1CCN(c2ccccc2OC(F)F)C1.I. The maximum Gasteiger partial charge on any atom is 0.411 e. The molecule has 0 radical (unpaired) electrons. The van der Waals surface area contributed by atoms with Crippen molar-refractivity contribution in [2.75, 3.05) is 44.3 Å². The van der Waals surface area contributed by atoms with Crippen molar-refractivity contribution in [2.45, 2.75) is 38.6 Å². The first-order chi connectivity index (χ1) is 14.3. The Morgan fingerprint density at radius 3 is 2.71 bits per heavy atom. The number of hydrogen-bond acceptors (Lipinski definition) is 4. The average Bonchev–Trinajstić information content (AvgIpc) is 3.12. The van der Waals surface area contributed by atoms with Crippen LogP contribution in [0.5, 0.6) is 5.75 Å². The Morgan fingerprint density at radius 2 is 2.03 bits per heavy atom. The fourth-order valence-corrected chi connectivity index (χ4v) is 3.07. The first-order valence-corrected chi connectivity index (χ1v) is 9.76. The highest BCUT2D eigenvalue weighted by atomic mass is 127. The van der Waals surface area contributed by atoms with E-state index in [1.165, 1.54) is 6.07 Å². The number of alkyl halides is 5. The highest BCUT2D eigenvalue weighted by Gasteiger charge is 2.27. The van der Waals surface area contributed by atoms with Gasteiger partial charge in [-0.2, -0.15) is 22.0 Å². The molecule has 2 rings (SSSR count). The van der Waals surface area contributed by atoms with Gasteiger partial charge in [-0.15, -0.1) is 24.0 Å². The van der Waals surface area contributed by atoms with Crippen molar-refractivity contribution in [1.29, 1.82) is 0 Å². The summed E-state index contributed by atoms with van der Waals surface area (Å²) >= 11 is 0. The highest BCUT2D eigenvalue weighted by molar-refractivity contribution is 14.0. The molecule has 1 unspecified atom stereocenters. The molecule has 0 saturated carbocycles. The van der Waals surface area contributed by atoms with E-state index in [-0.39, 0.29) is 42.4 Å². The predicted octanol–water partition coefficient (Wildman–Crippen LogP) is 4.01. The van der Waals surface area contributed by atoms with Crippen molar-refractivity contribution in [3.63, 3.8) is 0 Å². The minimum Gasteiger partial charge on any atom is -0.433 e. The van der Waals surface area contributed by atoms with E-state index in [2.05, 4.69) is 25.1 Å². The number of halogens is 6.